The first-order chi connectivity index (χ1) is 8.61. The molecule has 0 spiro atoms. The number of rotatable bonds is 3. The maximum atomic E-state index is 11.9. The number of carbonyl (C=O) groups is 1. The van der Waals surface area contributed by atoms with E-state index >= 15 is 0 Å². The molecule has 0 aromatic heterocycles. The van der Waals surface area contributed by atoms with Crippen molar-refractivity contribution in [1.29, 1.82) is 0 Å². The lowest BCUT2D eigenvalue weighted by Crippen LogP contribution is -2.25. The minimum Gasteiger partial charge on any atom is -0.340 e. The minimum absolute atomic E-state index is 0.0307. The van der Waals surface area contributed by atoms with E-state index in [-0.39, 0.29) is 11.9 Å². The molecular weight excluding hydrogens is 226 g/mol. The van der Waals surface area contributed by atoms with Crippen LogP contribution in [0.5, 0.6) is 0 Å². The first-order valence-corrected chi connectivity index (χ1v) is 6.31. The number of nitrogens with one attached hydrogen (secondary N) is 2. The predicted molar refractivity (Wildman–Crippen MR) is 72.5 cm³/mol. The number of hydrogen-bond acceptors (Lipinski definition) is 2. The maximum absolute atomic E-state index is 11.9. The molecule has 1 fully saturated rings. The van der Waals surface area contributed by atoms with E-state index in [0.717, 1.165) is 24.1 Å². The molecular formula is C14H19N3O. The van der Waals surface area contributed by atoms with E-state index in [2.05, 4.69) is 28.6 Å². The molecule has 0 radical (unpaired) electrons. The Kier molecular flexibility index (Phi) is 3.65. The molecule has 0 aliphatic carbocycles. The van der Waals surface area contributed by atoms with Gasteiger partial charge in [-0.3, -0.25) is 15.1 Å². The zero-order valence-electron chi connectivity index (χ0n) is 11.1. The average Bonchev–Trinajstić information content (AvgIpc) is 2.68. The highest BCUT2D eigenvalue weighted by atomic mass is 16.2. The van der Waals surface area contributed by atoms with Gasteiger partial charge in [0.2, 0.25) is 0 Å². The largest absolute Gasteiger partial charge is 0.340 e. The molecule has 0 saturated carbocycles. The number of nitrogens with zero attached hydrogens (tertiary/aromatic N) is 1. The lowest BCUT2D eigenvalue weighted by molar-refractivity contribution is -0.120. The molecule has 18 heavy (non-hydrogen) atoms. The lowest BCUT2D eigenvalue weighted by Gasteiger charge is -2.12. The number of aryl methyl sites for hydroxylation is 2. The molecule has 96 valence electrons. The van der Waals surface area contributed by atoms with E-state index in [1.165, 1.54) is 5.56 Å². The van der Waals surface area contributed by atoms with E-state index in [9.17, 15) is 4.79 Å². The lowest BCUT2D eigenvalue weighted by atomic mass is 9.99. The van der Waals surface area contributed by atoms with Crippen molar-refractivity contribution in [3.63, 3.8) is 0 Å². The SMILES string of the molecule is CCCN=C1NC(=O)C(c2ccc(C)cc2C)N1. The van der Waals surface area contributed by atoms with Gasteiger partial charge in [-0.25, -0.2) is 0 Å². The number of carbonyl (C=O) groups excluding carboxylic acids is 1. The highest BCUT2D eigenvalue weighted by Gasteiger charge is 2.30. The molecule has 1 aliphatic rings. The molecule has 1 saturated heterocycles. The molecule has 2 N–H and O–H groups in total. The number of amides is 1. The number of benzene rings is 1. The summed E-state index contributed by atoms with van der Waals surface area (Å²) in [5, 5.41) is 5.92. The van der Waals surface area contributed by atoms with Crippen LogP contribution in [0.25, 0.3) is 0 Å². The fourth-order valence-electron chi connectivity index (χ4n) is 2.10. The van der Waals surface area contributed by atoms with Crippen LogP contribution in [0.4, 0.5) is 0 Å². The Morgan fingerprint density at radius 3 is 2.78 bits per heavy atom. The van der Waals surface area contributed by atoms with Gasteiger partial charge < -0.3 is 5.32 Å². The molecule has 1 heterocycles. The number of guanidine groups is 1. The van der Waals surface area contributed by atoms with Crippen molar-refractivity contribution >= 4 is 11.9 Å². The second-order valence-corrected chi connectivity index (χ2v) is 4.66. The van der Waals surface area contributed by atoms with Crippen LogP contribution in [0.3, 0.4) is 0 Å². The Morgan fingerprint density at radius 1 is 1.33 bits per heavy atom. The highest BCUT2D eigenvalue weighted by Crippen LogP contribution is 2.21. The van der Waals surface area contributed by atoms with E-state index < -0.39 is 0 Å². The van der Waals surface area contributed by atoms with Crippen LogP contribution < -0.4 is 10.6 Å². The van der Waals surface area contributed by atoms with Gasteiger partial charge in [0.15, 0.2) is 5.96 Å². The number of hydrogen-bond donors (Lipinski definition) is 2. The maximum Gasteiger partial charge on any atom is 0.253 e. The third-order valence-corrected chi connectivity index (χ3v) is 3.01. The van der Waals surface area contributed by atoms with Crippen molar-refractivity contribution in [3.05, 3.63) is 34.9 Å². The topological polar surface area (TPSA) is 53.5 Å². The summed E-state index contributed by atoms with van der Waals surface area (Å²) in [4.78, 5) is 16.2. The Bertz CT molecular complexity index is 494. The second-order valence-electron chi connectivity index (χ2n) is 4.66. The first-order valence-electron chi connectivity index (χ1n) is 6.31. The Balaban J connectivity index is 2.21. The van der Waals surface area contributed by atoms with Gasteiger partial charge >= 0.3 is 0 Å². The summed E-state index contributed by atoms with van der Waals surface area (Å²) in [6, 6.07) is 5.80. The summed E-state index contributed by atoms with van der Waals surface area (Å²) in [6.07, 6.45) is 0.968. The summed E-state index contributed by atoms with van der Waals surface area (Å²) in [5.74, 6) is 0.559. The van der Waals surface area contributed by atoms with E-state index in [0.29, 0.717) is 5.96 Å². The van der Waals surface area contributed by atoms with Gasteiger partial charge in [0.05, 0.1) is 0 Å². The van der Waals surface area contributed by atoms with Crippen molar-refractivity contribution < 1.29 is 4.79 Å². The van der Waals surface area contributed by atoms with Crippen LogP contribution in [0.1, 0.15) is 36.1 Å². The zero-order valence-corrected chi connectivity index (χ0v) is 11.1. The van der Waals surface area contributed by atoms with E-state index in [4.69, 9.17) is 0 Å². The Morgan fingerprint density at radius 2 is 2.11 bits per heavy atom. The number of aliphatic imine (C=N–C) groups is 1. The fourth-order valence-corrected chi connectivity index (χ4v) is 2.10. The van der Waals surface area contributed by atoms with Crippen LogP contribution in [0.2, 0.25) is 0 Å². The molecule has 1 aromatic rings. The van der Waals surface area contributed by atoms with Gasteiger partial charge in [0.25, 0.3) is 5.91 Å². The van der Waals surface area contributed by atoms with Gasteiger partial charge in [0.1, 0.15) is 6.04 Å². The van der Waals surface area contributed by atoms with Crippen molar-refractivity contribution in [2.24, 2.45) is 4.99 Å². The van der Waals surface area contributed by atoms with Crippen LogP contribution >= 0.6 is 0 Å². The monoisotopic (exact) mass is 245 g/mol. The smallest absolute Gasteiger partial charge is 0.253 e. The summed E-state index contributed by atoms with van der Waals surface area (Å²) < 4.78 is 0. The second kappa shape index (κ2) is 5.21. The molecule has 1 atom stereocenters. The molecule has 1 unspecified atom stereocenters. The standard InChI is InChI=1S/C14H19N3O/c1-4-7-15-14-16-12(13(18)17-14)11-6-5-9(2)8-10(11)3/h5-6,8,12H,4,7H2,1-3H3,(H2,15,16,17,18). The highest BCUT2D eigenvalue weighted by molar-refractivity contribution is 6.06. The van der Waals surface area contributed by atoms with Gasteiger partial charge in [0, 0.05) is 6.54 Å². The quantitative estimate of drug-likeness (QED) is 0.853. The van der Waals surface area contributed by atoms with Crippen molar-refractivity contribution in [1.82, 2.24) is 10.6 Å². The van der Waals surface area contributed by atoms with Crippen LogP contribution in [-0.4, -0.2) is 18.4 Å². The third-order valence-electron chi connectivity index (χ3n) is 3.01. The molecule has 0 bridgehead atoms. The summed E-state index contributed by atoms with van der Waals surface area (Å²) >= 11 is 0. The van der Waals surface area contributed by atoms with Crippen LogP contribution in [-0.2, 0) is 4.79 Å². The van der Waals surface area contributed by atoms with Gasteiger partial charge in [-0.1, -0.05) is 30.7 Å². The predicted octanol–water partition coefficient (Wildman–Crippen LogP) is 1.83. The van der Waals surface area contributed by atoms with Gasteiger partial charge in [-0.05, 0) is 31.4 Å². The van der Waals surface area contributed by atoms with Gasteiger partial charge in [-0.2, -0.15) is 0 Å². The normalized spacial score (nSPS) is 20.9. The fraction of sp³-hybridized carbons (Fsp3) is 0.429. The van der Waals surface area contributed by atoms with Crippen molar-refractivity contribution in [3.8, 4) is 0 Å². The van der Waals surface area contributed by atoms with Crippen molar-refractivity contribution in [2.75, 3.05) is 6.54 Å². The van der Waals surface area contributed by atoms with Crippen LogP contribution in [0, 0.1) is 13.8 Å². The average molecular weight is 245 g/mol. The molecule has 1 aliphatic heterocycles. The summed E-state index contributed by atoms with van der Waals surface area (Å²) in [6.45, 7) is 6.86. The molecule has 1 amide bonds. The molecule has 4 nitrogen and oxygen atoms in total. The Labute approximate surface area is 108 Å². The molecule has 1 aromatic carbocycles. The minimum atomic E-state index is -0.318. The third kappa shape index (κ3) is 2.53. The van der Waals surface area contributed by atoms with Crippen molar-refractivity contribution in [2.45, 2.75) is 33.2 Å². The first kappa shape index (κ1) is 12.6. The Hall–Kier alpha value is -1.84. The molecule has 4 heteroatoms. The zero-order chi connectivity index (χ0) is 13.1. The summed E-state index contributed by atoms with van der Waals surface area (Å²) in [5.41, 5.74) is 3.34. The van der Waals surface area contributed by atoms with E-state index in [1.807, 2.05) is 26.0 Å². The molecule has 2 rings (SSSR count). The summed E-state index contributed by atoms with van der Waals surface area (Å²) in [7, 11) is 0. The van der Waals surface area contributed by atoms with E-state index in [1.54, 1.807) is 0 Å². The van der Waals surface area contributed by atoms with Gasteiger partial charge in [-0.15, -0.1) is 0 Å². The van der Waals surface area contributed by atoms with Crippen LogP contribution in [0.15, 0.2) is 23.2 Å².